The van der Waals surface area contributed by atoms with Crippen molar-refractivity contribution in [3.05, 3.63) is 0 Å². The molecule has 7 nitrogen and oxygen atoms in total. The lowest BCUT2D eigenvalue weighted by Gasteiger charge is -2.11. The fraction of sp³-hybridized carbons (Fsp3) is 0.625. The van der Waals surface area contributed by atoms with Crippen LogP contribution < -0.4 is 5.73 Å². The number of hydrogen-bond donors (Lipinski definition) is 3. The monoisotopic (exact) mass is 221 g/mol. The van der Waals surface area contributed by atoms with Crippen molar-refractivity contribution in [3.8, 4) is 0 Å². The van der Waals surface area contributed by atoms with E-state index in [1.54, 1.807) is 0 Å². The van der Waals surface area contributed by atoms with Crippen molar-refractivity contribution in [1.29, 1.82) is 0 Å². The van der Waals surface area contributed by atoms with Crippen LogP contribution in [0.15, 0.2) is 0 Å². The zero-order valence-corrected chi connectivity index (χ0v) is 8.76. The van der Waals surface area contributed by atoms with Crippen LogP contribution in [-0.2, 0) is 19.1 Å². The van der Waals surface area contributed by atoms with Crippen molar-refractivity contribution in [2.75, 3.05) is 0 Å². The molecule has 0 spiro atoms. The van der Waals surface area contributed by atoms with E-state index >= 15 is 0 Å². The Labute approximate surface area is 86.8 Å². The van der Waals surface area contributed by atoms with Crippen LogP contribution in [0.1, 0.15) is 20.8 Å². The summed E-state index contributed by atoms with van der Waals surface area (Å²) in [6, 6.07) is -1.15. The summed E-state index contributed by atoms with van der Waals surface area (Å²) in [6.07, 6.45) is -1.01. The first kappa shape index (κ1) is 16.0. The molecule has 0 aromatic heterocycles. The third-order valence-electron chi connectivity index (χ3n) is 1.04. The van der Waals surface area contributed by atoms with Gasteiger partial charge in [-0.1, -0.05) is 0 Å². The van der Waals surface area contributed by atoms with Gasteiger partial charge in [-0.25, -0.2) is 4.79 Å². The fourth-order valence-electron chi connectivity index (χ4n) is 0.407. The standard InChI is InChI=1S/C6H11NO4.C2H4O2/c1-3(8)5(7)6(10)11-4(2)9;1-2(3)4/h3,5,8H,7H2,1-2H3;1H3,(H,3,4)/t3-,5+;/m1./s1. The number of esters is 2. The molecule has 0 aliphatic heterocycles. The summed E-state index contributed by atoms with van der Waals surface area (Å²) in [5, 5.41) is 16.2. The average molecular weight is 221 g/mol. The molecule has 0 rings (SSSR count). The van der Waals surface area contributed by atoms with E-state index in [2.05, 4.69) is 4.74 Å². The number of carbonyl (C=O) groups excluding carboxylic acids is 2. The maximum absolute atomic E-state index is 10.7. The first-order chi connectivity index (χ1) is 6.68. The molecule has 0 aliphatic carbocycles. The van der Waals surface area contributed by atoms with Crippen LogP contribution in [0.2, 0.25) is 0 Å². The lowest BCUT2D eigenvalue weighted by molar-refractivity contribution is -0.160. The number of aliphatic carboxylic acids is 1. The summed E-state index contributed by atoms with van der Waals surface area (Å²) < 4.78 is 4.11. The van der Waals surface area contributed by atoms with E-state index in [0.29, 0.717) is 0 Å². The van der Waals surface area contributed by atoms with Crippen LogP contribution in [0.4, 0.5) is 0 Å². The van der Waals surface area contributed by atoms with Gasteiger partial charge in [0, 0.05) is 13.8 Å². The lowest BCUT2D eigenvalue weighted by Crippen LogP contribution is -2.41. The highest BCUT2D eigenvalue weighted by molar-refractivity contribution is 5.87. The molecule has 0 aliphatic rings. The fourth-order valence-corrected chi connectivity index (χ4v) is 0.407. The molecule has 4 N–H and O–H groups in total. The predicted molar refractivity (Wildman–Crippen MR) is 49.7 cm³/mol. The number of carboxylic acid groups (broad SMARTS) is 1. The largest absolute Gasteiger partial charge is 0.481 e. The van der Waals surface area contributed by atoms with Gasteiger partial charge in [0.2, 0.25) is 0 Å². The summed E-state index contributed by atoms with van der Waals surface area (Å²) in [5.41, 5.74) is 5.13. The van der Waals surface area contributed by atoms with Crippen molar-refractivity contribution < 1.29 is 29.3 Å². The Bertz CT molecular complexity index is 233. The molecule has 88 valence electrons. The first-order valence-corrected chi connectivity index (χ1v) is 4.04. The quantitative estimate of drug-likeness (QED) is 0.398. The Kier molecular flexibility index (Phi) is 8.40. The number of hydrogen-bond acceptors (Lipinski definition) is 6. The topological polar surface area (TPSA) is 127 Å². The van der Waals surface area contributed by atoms with Gasteiger partial charge in [0.1, 0.15) is 6.04 Å². The summed E-state index contributed by atoms with van der Waals surface area (Å²) in [5.74, 6) is -2.47. The van der Waals surface area contributed by atoms with E-state index in [4.69, 9.17) is 20.7 Å². The average Bonchev–Trinajstić information content (AvgIpc) is 2.00. The van der Waals surface area contributed by atoms with Gasteiger partial charge in [-0.2, -0.15) is 0 Å². The molecule has 15 heavy (non-hydrogen) atoms. The lowest BCUT2D eigenvalue weighted by atomic mass is 10.2. The summed E-state index contributed by atoms with van der Waals surface area (Å²) in [7, 11) is 0. The number of rotatable bonds is 2. The highest BCUT2D eigenvalue weighted by Gasteiger charge is 2.21. The van der Waals surface area contributed by atoms with Crippen molar-refractivity contribution in [1.82, 2.24) is 0 Å². The zero-order valence-electron chi connectivity index (χ0n) is 8.76. The van der Waals surface area contributed by atoms with Crippen molar-refractivity contribution in [2.45, 2.75) is 32.9 Å². The van der Waals surface area contributed by atoms with Crippen molar-refractivity contribution >= 4 is 17.9 Å². The van der Waals surface area contributed by atoms with E-state index in [-0.39, 0.29) is 0 Å². The van der Waals surface area contributed by atoms with Gasteiger partial charge in [0.15, 0.2) is 0 Å². The second kappa shape index (κ2) is 7.89. The van der Waals surface area contributed by atoms with Gasteiger partial charge in [0.25, 0.3) is 5.97 Å². The molecule has 0 unspecified atom stereocenters. The molecular weight excluding hydrogens is 206 g/mol. The molecule has 0 fully saturated rings. The van der Waals surface area contributed by atoms with E-state index in [9.17, 15) is 9.59 Å². The number of aliphatic hydroxyl groups is 1. The Morgan fingerprint density at radius 3 is 1.80 bits per heavy atom. The van der Waals surface area contributed by atoms with Gasteiger partial charge in [0.05, 0.1) is 6.10 Å². The molecule has 0 heterocycles. The molecule has 2 atom stereocenters. The smallest absolute Gasteiger partial charge is 0.333 e. The van der Waals surface area contributed by atoms with Crippen molar-refractivity contribution in [3.63, 3.8) is 0 Å². The van der Waals surface area contributed by atoms with Crippen LogP contribution in [0.3, 0.4) is 0 Å². The maximum atomic E-state index is 10.7. The third-order valence-corrected chi connectivity index (χ3v) is 1.04. The van der Waals surface area contributed by atoms with Gasteiger partial charge in [-0.15, -0.1) is 0 Å². The maximum Gasteiger partial charge on any atom is 0.333 e. The van der Waals surface area contributed by atoms with Gasteiger partial charge < -0.3 is 20.7 Å². The number of carbonyl (C=O) groups is 3. The highest BCUT2D eigenvalue weighted by Crippen LogP contribution is 1.92. The molecule has 0 saturated heterocycles. The number of aliphatic hydroxyl groups excluding tert-OH is 1. The normalized spacial score (nSPS) is 12.9. The molecule has 0 aromatic carbocycles. The summed E-state index contributed by atoms with van der Waals surface area (Å²) in [4.78, 5) is 29.9. The van der Waals surface area contributed by atoms with E-state index in [0.717, 1.165) is 13.8 Å². The predicted octanol–water partition coefficient (Wildman–Crippen LogP) is -1.12. The Morgan fingerprint density at radius 1 is 1.27 bits per heavy atom. The van der Waals surface area contributed by atoms with E-state index in [1.165, 1.54) is 6.92 Å². The number of ether oxygens (including phenoxy) is 1. The SMILES string of the molecule is CC(=O)O.CC(=O)OC(=O)[C@@H](N)[C@@H](C)O. The molecule has 0 bridgehead atoms. The van der Waals surface area contributed by atoms with Gasteiger partial charge in [-0.05, 0) is 6.92 Å². The second-order valence-corrected chi connectivity index (χ2v) is 2.70. The number of nitrogens with two attached hydrogens (primary N) is 1. The molecule has 0 amide bonds. The van der Waals surface area contributed by atoms with Crippen LogP contribution in [0, 0.1) is 0 Å². The third kappa shape index (κ3) is 12.5. The number of carboxylic acids is 1. The molecule has 7 heteroatoms. The minimum absolute atomic E-state index is 0.730. The Balaban J connectivity index is 0. The zero-order chi connectivity index (χ0) is 12.6. The second-order valence-electron chi connectivity index (χ2n) is 2.70. The first-order valence-electron chi connectivity index (χ1n) is 4.04. The van der Waals surface area contributed by atoms with E-state index in [1.807, 2.05) is 0 Å². The highest BCUT2D eigenvalue weighted by atomic mass is 16.6. The van der Waals surface area contributed by atoms with Crippen molar-refractivity contribution in [2.24, 2.45) is 5.73 Å². The molecule has 0 radical (unpaired) electrons. The van der Waals surface area contributed by atoms with E-state index < -0.39 is 30.1 Å². The molecular formula is C8H15NO6. The summed E-state index contributed by atoms with van der Waals surface area (Å²) in [6.45, 7) is 3.51. The van der Waals surface area contributed by atoms with Gasteiger partial charge >= 0.3 is 11.9 Å². The van der Waals surface area contributed by atoms with Gasteiger partial charge in [-0.3, -0.25) is 9.59 Å². The van der Waals surface area contributed by atoms with Crippen LogP contribution >= 0.6 is 0 Å². The van der Waals surface area contributed by atoms with Crippen LogP contribution in [-0.4, -0.2) is 40.3 Å². The van der Waals surface area contributed by atoms with Crippen LogP contribution in [0.25, 0.3) is 0 Å². The summed E-state index contributed by atoms with van der Waals surface area (Å²) >= 11 is 0. The minimum atomic E-state index is -1.15. The van der Waals surface area contributed by atoms with Crippen LogP contribution in [0.5, 0.6) is 0 Å². The minimum Gasteiger partial charge on any atom is -0.481 e. The Morgan fingerprint density at radius 2 is 1.60 bits per heavy atom. The molecule has 0 saturated carbocycles. The Hall–Kier alpha value is -1.47. The molecule has 0 aromatic rings.